The lowest BCUT2D eigenvalue weighted by atomic mass is 10.1. The summed E-state index contributed by atoms with van der Waals surface area (Å²) in [6.45, 7) is 1.10. The van der Waals surface area contributed by atoms with Crippen LogP contribution in [0, 0.1) is 0 Å². The predicted octanol–water partition coefficient (Wildman–Crippen LogP) is 2.60. The van der Waals surface area contributed by atoms with Gasteiger partial charge in [0.25, 0.3) is 0 Å². The topological polar surface area (TPSA) is 45.6 Å². The number of halogens is 1. The van der Waals surface area contributed by atoms with Crippen molar-refractivity contribution in [2.45, 2.75) is 18.9 Å². The van der Waals surface area contributed by atoms with Gasteiger partial charge in [-0.2, -0.15) is 5.10 Å². The molecule has 17 heavy (non-hydrogen) atoms. The molecule has 0 bridgehead atoms. The molecule has 1 atom stereocenters. The minimum atomic E-state index is 0.422. The highest BCUT2D eigenvalue weighted by molar-refractivity contribution is 9.10. The van der Waals surface area contributed by atoms with Gasteiger partial charge < -0.3 is 10.3 Å². The zero-order valence-corrected chi connectivity index (χ0v) is 11.3. The number of nitrogens with zero attached hydrogens (tertiary/aromatic N) is 2. The first kappa shape index (κ1) is 11.0. The molecule has 0 radical (unpaired) electrons. The average Bonchev–Trinajstić information content (AvgIpc) is 2.99. The van der Waals surface area contributed by atoms with Gasteiger partial charge in [0.05, 0.1) is 21.9 Å². The van der Waals surface area contributed by atoms with E-state index in [9.17, 15) is 0 Å². The van der Waals surface area contributed by atoms with E-state index in [4.69, 9.17) is 0 Å². The van der Waals surface area contributed by atoms with E-state index >= 15 is 0 Å². The molecule has 1 aliphatic rings. The number of hydrogen-bond donors (Lipinski definition) is 2. The van der Waals surface area contributed by atoms with E-state index in [-0.39, 0.29) is 0 Å². The van der Waals surface area contributed by atoms with Crippen molar-refractivity contribution < 1.29 is 0 Å². The maximum absolute atomic E-state index is 4.60. The van der Waals surface area contributed by atoms with Crippen LogP contribution in [0.25, 0.3) is 11.4 Å². The molecular weight excluding hydrogens is 280 g/mol. The third-order valence-corrected chi connectivity index (χ3v) is 4.06. The summed E-state index contributed by atoms with van der Waals surface area (Å²) < 4.78 is 3.07. The van der Waals surface area contributed by atoms with Crippen LogP contribution in [0.1, 0.15) is 24.6 Å². The third kappa shape index (κ3) is 1.83. The summed E-state index contributed by atoms with van der Waals surface area (Å²) in [6, 6.07) is 4.45. The van der Waals surface area contributed by atoms with E-state index in [2.05, 4.69) is 31.3 Å². The molecule has 1 unspecified atom stereocenters. The van der Waals surface area contributed by atoms with Gasteiger partial charge in [-0.25, -0.2) is 0 Å². The van der Waals surface area contributed by atoms with Gasteiger partial charge in [0.2, 0.25) is 0 Å². The largest absolute Gasteiger partial charge is 0.360 e. The Morgan fingerprint density at radius 3 is 3.06 bits per heavy atom. The van der Waals surface area contributed by atoms with Gasteiger partial charge in [0, 0.05) is 13.2 Å². The Labute approximate surface area is 109 Å². The van der Waals surface area contributed by atoms with Crippen LogP contribution in [0.3, 0.4) is 0 Å². The van der Waals surface area contributed by atoms with Crippen LogP contribution >= 0.6 is 15.9 Å². The summed E-state index contributed by atoms with van der Waals surface area (Å²) in [5, 5.41) is 8.11. The predicted molar refractivity (Wildman–Crippen MR) is 70.7 cm³/mol. The quantitative estimate of drug-likeness (QED) is 0.894. The Morgan fingerprint density at radius 1 is 1.53 bits per heavy atom. The zero-order chi connectivity index (χ0) is 11.8. The van der Waals surface area contributed by atoms with Crippen LogP contribution in [-0.4, -0.2) is 21.3 Å². The van der Waals surface area contributed by atoms with Crippen LogP contribution in [0.2, 0.25) is 0 Å². The van der Waals surface area contributed by atoms with Crippen LogP contribution < -0.4 is 5.32 Å². The highest BCUT2D eigenvalue weighted by atomic mass is 79.9. The molecule has 0 spiro atoms. The molecular formula is C12H15BrN4. The Bertz CT molecular complexity index is 509. The molecule has 0 aliphatic carbocycles. The van der Waals surface area contributed by atoms with Gasteiger partial charge in [-0.05, 0) is 47.4 Å². The maximum Gasteiger partial charge on any atom is 0.123 e. The lowest BCUT2D eigenvalue weighted by Gasteiger charge is -2.10. The fourth-order valence-corrected chi connectivity index (χ4v) is 3.28. The molecule has 2 N–H and O–H groups in total. The molecule has 90 valence electrons. The van der Waals surface area contributed by atoms with Crippen LogP contribution in [0.4, 0.5) is 0 Å². The number of nitrogens with one attached hydrogen (secondary N) is 2. The molecule has 2 aromatic heterocycles. The number of H-pyrrole nitrogens is 1. The first-order valence-electron chi connectivity index (χ1n) is 5.87. The lowest BCUT2D eigenvalue weighted by Crippen LogP contribution is -2.16. The number of aromatic amines is 1. The van der Waals surface area contributed by atoms with Crippen molar-refractivity contribution in [3.63, 3.8) is 0 Å². The van der Waals surface area contributed by atoms with Gasteiger partial charge >= 0.3 is 0 Å². The Balaban J connectivity index is 2.05. The van der Waals surface area contributed by atoms with Gasteiger partial charge in [0.1, 0.15) is 5.69 Å². The second kappa shape index (κ2) is 4.31. The fourth-order valence-electron chi connectivity index (χ4n) is 2.46. The Hall–Kier alpha value is -1.07. The second-order valence-electron chi connectivity index (χ2n) is 4.40. The van der Waals surface area contributed by atoms with Crippen molar-refractivity contribution in [3.8, 4) is 11.4 Å². The van der Waals surface area contributed by atoms with E-state index in [0.717, 1.165) is 22.4 Å². The Morgan fingerprint density at radius 2 is 2.41 bits per heavy atom. The van der Waals surface area contributed by atoms with Gasteiger partial charge in [-0.3, -0.25) is 4.68 Å². The summed E-state index contributed by atoms with van der Waals surface area (Å²) >= 11 is 3.69. The number of aryl methyl sites for hydroxylation is 1. The molecule has 5 heteroatoms. The Kier molecular flexibility index (Phi) is 2.80. The molecule has 3 heterocycles. The molecule has 0 aromatic carbocycles. The summed E-state index contributed by atoms with van der Waals surface area (Å²) in [7, 11) is 2.01. The monoisotopic (exact) mass is 294 g/mol. The van der Waals surface area contributed by atoms with Crippen molar-refractivity contribution in [1.29, 1.82) is 0 Å². The summed E-state index contributed by atoms with van der Waals surface area (Å²) in [5.74, 6) is 0. The molecule has 1 aliphatic heterocycles. The molecule has 4 nitrogen and oxygen atoms in total. The number of rotatable bonds is 2. The molecule has 3 rings (SSSR count). The third-order valence-electron chi connectivity index (χ3n) is 3.27. The van der Waals surface area contributed by atoms with Gasteiger partial charge in [0.15, 0.2) is 0 Å². The van der Waals surface area contributed by atoms with E-state index in [1.807, 2.05) is 30.1 Å². The smallest absolute Gasteiger partial charge is 0.123 e. The summed E-state index contributed by atoms with van der Waals surface area (Å²) in [6.07, 6.45) is 4.34. The minimum Gasteiger partial charge on any atom is -0.360 e. The highest BCUT2D eigenvalue weighted by Crippen LogP contribution is 2.35. The van der Waals surface area contributed by atoms with Crippen LogP contribution in [0.5, 0.6) is 0 Å². The van der Waals surface area contributed by atoms with E-state index in [1.165, 1.54) is 18.5 Å². The maximum atomic E-state index is 4.60. The molecule has 1 saturated heterocycles. The first-order valence-corrected chi connectivity index (χ1v) is 6.66. The second-order valence-corrected chi connectivity index (χ2v) is 5.20. The van der Waals surface area contributed by atoms with Crippen molar-refractivity contribution in [1.82, 2.24) is 20.1 Å². The number of hydrogen-bond acceptors (Lipinski definition) is 2. The minimum absolute atomic E-state index is 0.422. The van der Waals surface area contributed by atoms with Gasteiger partial charge in [-0.15, -0.1) is 0 Å². The van der Waals surface area contributed by atoms with Crippen molar-refractivity contribution in [2.75, 3.05) is 6.54 Å². The highest BCUT2D eigenvalue weighted by Gasteiger charge is 2.25. The fraction of sp³-hybridized carbons (Fsp3) is 0.417. The SMILES string of the molecule is Cn1nc(-c2ccc[nH]2)c(Br)c1C1CCCN1. The number of aromatic nitrogens is 3. The standard InChI is InChI=1S/C12H15BrN4/c1-17-12(9-5-3-7-15-9)10(13)11(16-17)8-4-2-6-14-8/h2,4,6,9,14-15H,3,5,7H2,1H3. The van der Waals surface area contributed by atoms with Crippen molar-refractivity contribution in [3.05, 3.63) is 28.5 Å². The molecule has 1 fully saturated rings. The van der Waals surface area contributed by atoms with Crippen LogP contribution in [-0.2, 0) is 7.05 Å². The normalized spacial score (nSPS) is 20.0. The first-order chi connectivity index (χ1) is 8.27. The zero-order valence-electron chi connectivity index (χ0n) is 9.70. The van der Waals surface area contributed by atoms with Crippen molar-refractivity contribution >= 4 is 15.9 Å². The summed E-state index contributed by atoms with van der Waals surface area (Å²) in [4.78, 5) is 3.20. The van der Waals surface area contributed by atoms with Gasteiger partial charge in [-0.1, -0.05) is 0 Å². The van der Waals surface area contributed by atoms with E-state index in [0.29, 0.717) is 6.04 Å². The average molecular weight is 295 g/mol. The van der Waals surface area contributed by atoms with E-state index in [1.54, 1.807) is 0 Å². The molecule has 0 amide bonds. The summed E-state index contributed by atoms with van der Waals surface area (Å²) in [5.41, 5.74) is 3.28. The molecule has 0 saturated carbocycles. The van der Waals surface area contributed by atoms with Crippen LogP contribution in [0.15, 0.2) is 22.8 Å². The van der Waals surface area contributed by atoms with E-state index < -0.39 is 0 Å². The van der Waals surface area contributed by atoms with Crippen molar-refractivity contribution in [2.24, 2.45) is 7.05 Å². The molecule has 2 aromatic rings. The lowest BCUT2D eigenvalue weighted by molar-refractivity contribution is 0.572.